The molecular weight excluding hydrogens is 330 g/mol. The Bertz CT molecular complexity index is 908. The van der Waals surface area contributed by atoms with Crippen LogP contribution in [0.2, 0.25) is 0 Å². The summed E-state index contributed by atoms with van der Waals surface area (Å²) in [5.41, 5.74) is 1.90. The lowest BCUT2D eigenvalue weighted by atomic mass is 10.1. The van der Waals surface area contributed by atoms with Gasteiger partial charge in [-0.05, 0) is 51.4 Å². The van der Waals surface area contributed by atoms with E-state index in [1.807, 2.05) is 30.7 Å². The predicted octanol–water partition coefficient (Wildman–Crippen LogP) is 2.75. The second-order valence-corrected chi connectivity index (χ2v) is 6.96. The molecule has 0 saturated carbocycles. The van der Waals surface area contributed by atoms with Crippen molar-refractivity contribution in [3.8, 4) is 11.5 Å². The van der Waals surface area contributed by atoms with Gasteiger partial charge >= 0.3 is 0 Å². The second-order valence-electron chi connectivity index (χ2n) is 6.96. The van der Waals surface area contributed by atoms with Gasteiger partial charge in [0.15, 0.2) is 11.4 Å². The minimum absolute atomic E-state index is 0.109. The van der Waals surface area contributed by atoms with Crippen LogP contribution in [-0.2, 0) is 0 Å². The third kappa shape index (κ3) is 3.10. The molecule has 0 aliphatic carbocycles. The van der Waals surface area contributed by atoms with Crippen molar-refractivity contribution in [3.05, 3.63) is 36.2 Å². The molecule has 1 aliphatic rings. The first kappa shape index (κ1) is 16.8. The van der Waals surface area contributed by atoms with Crippen molar-refractivity contribution in [2.75, 3.05) is 13.1 Å². The van der Waals surface area contributed by atoms with Gasteiger partial charge in [0.2, 0.25) is 0 Å². The Balaban J connectivity index is 1.72. The van der Waals surface area contributed by atoms with Crippen LogP contribution >= 0.6 is 0 Å². The molecule has 3 aromatic rings. The SMILES string of the molecule is CC(C)n1ncc2c(C(=O)NCC3CCCN3)cc(-c3ccco3)nc21. The maximum atomic E-state index is 12.9. The fourth-order valence-corrected chi connectivity index (χ4v) is 3.38. The molecule has 3 aromatic heterocycles. The highest BCUT2D eigenvalue weighted by Crippen LogP contribution is 2.26. The lowest BCUT2D eigenvalue weighted by molar-refractivity contribution is 0.0952. The highest BCUT2D eigenvalue weighted by molar-refractivity contribution is 6.06. The molecular formula is C19H23N5O2. The molecule has 0 bridgehead atoms. The molecule has 1 amide bonds. The van der Waals surface area contributed by atoms with E-state index < -0.39 is 0 Å². The predicted molar refractivity (Wildman–Crippen MR) is 99.0 cm³/mol. The molecule has 0 radical (unpaired) electrons. The zero-order valence-corrected chi connectivity index (χ0v) is 15.0. The summed E-state index contributed by atoms with van der Waals surface area (Å²) in [6.07, 6.45) is 5.57. The number of nitrogens with zero attached hydrogens (tertiary/aromatic N) is 3. The molecule has 0 aromatic carbocycles. The molecule has 1 fully saturated rings. The summed E-state index contributed by atoms with van der Waals surface area (Å²) in [5.74, 6) is 0.525. The summed E-state index contributed by atoms with van der Waals surface area (Å²) in [6.45, 7) is 5.72. The van der Waals surface area contributed by atoms with Crippen LogP contribution in [0.4, 0.5) is 0 Å². The minimum atomic E-state index is -0.109. The monoisotopic (exact) mass is 353 g/mol. The van der Waals surface area contributed by atoms with Crippen molar-refractivity contribution >= 4 is 16.9 Å². The Morgan fingerprint density at radius 3 is 3.08 bits per heavy atom. The number of amides is 1. The molecule has 1 saturated heterocycles. The Kier molecular flexibility index (Phi) is 4.46. The Morgan fingerprint density at radius 2 is 2.38 bits per heavy atom. The zero-order chi connectivity index (χ0) is 18.1. The Labute approximate surface area is 151 Å². The van der Waals surface area contributed by atoms with Crippen molar-refractivity contribution in [1.82, 2.24) is 25.4 Å². The molecule has 26 heavy (non-hydrogen) atoms. The van der Waals surface area contributed by atoms with Crippen molar-refractivity contribution in [1.29, 1.82) is 0 Å². The maximum absolute atomic E-state index is 12.9. The second kappa shape index (κ2) is 6.92. The highest BCUT2D eigenvalue weighted by Gasteiger charge is 2.21. The molecule has 7 heteroatoms. The van der Waals surface area contributed by atoms with Crippen molar-refractivity contribution in [3.63, 3.8) is 0 Å². The van der Waals surface area contributed by atoms with Crippen LogP contribution in [0.25, 0.3) is 22.5 Å². The quantitative estimate of drug-likeness (QED) is 0.737. The van der Waals surface area contributed by atoms with Crippen LogP contribution in [0.15, 0.2) is 35.1 Å². The lowest BCUT2D eigenvalue weighted by Gasteiger charge is -2.13. The molecule has 1 unspecified atom stereocenters. The van der Waals surface area contributed by atoms with Gasteiger partial charge in [-0.2, -0.15) is 5.10 Å². The highest BCUT2D eigenvalue weighted by atomic mass is 16.3. The van der Waals surface area contributed by atoms with Gasteiger partial charge in [-0.25, -0.2) is 9.67 Å². The molecule has 7 nitrogen and oxygen atoms in total. The lowest BCUT2D eigenvalue weighted by Crippen LogP contribution is -2.37. The topological polar surface area (TPSA) is 85.0 Å². The van der Waals surface area contributed by atoms with Gasteiger partial charge in [0, 0.05) is 18.6 Å². The van der Waals surface area contributed by atoms with Crippen LogP contribution < -0.4 is 10.6 Å². The molecule has 4 rings (SSSR count). The van der Waals surface area contributed by atoms with Gasteiger partial charge in [-0.3, -0.25) is 4.79 Å². The first-order valence-electron chi connectivity index (χ1n) is 9.07. The summed E-state index contributed by atoms with van der Waals surface area (Å²) >= 11 is 0. The Morgan fingerprint density at radius 1 is 1.50 bits per heavy atom. The van der Waals surface area contributed by atoms with Gasteiger partial charge in [-0.15, -0.1) is 0 Å². The van der Waals surface area contributed by atoms with E-state index in [9.17, 15) is 4.79 Å². The maximum Gasteiger partial charge on any atom is 0.252 e. The van der Waals surface area contributed by atoms with E-state index in [1.54, 1.807) is 18.5 Å². The molecule has 0 spiro atoms. The number of hydrogen-bond acceptors (Lipinski definition) is 5. The summed E-state index contributed by atoms with van der Waals surface area (Å²) in [4.78, 5) is 17.6. The summed E-state index contributed by atoms with van der Waals surface area (Å²) < 4.78 is 7.32. The van der Waals surface area contributed by atoms with Gasteiger partial charge in [0.1, 0.15) is 5.69 Å². The fourth-order valence-electron chi connectivity index (χ4n) is 3.38. The number of aromatic nitrogens is 3. The van der Waals surface area contributed by atoms with Crippen LogP contribution in [0.5, 0.6) is 0 Å². The number of carbonyl (C=O) groups excluding carboxylic acids is 1. The van der Waals surface area contributed by atoms with Gasteiger partial charge in [0.25, 0.3) is 5.91 Å². The molecule has 2 N–H and O–H groups in total. The number of pyridine rings is 1. The molecule has 1 atom stereocenters. The van der Waals surface area contributed by atoms with E-state index in [-0.39, 0.29) is 11.9 Å². The normalized spacial score (nSPS) is 17.3. The molecule has 1 aliphatic heterocycles. The number of rotatable bonds is 5. The van der Waals surface area contributed by atoms with E-state index in [1.165, 1.54) is 0 Å². The number of hydrogen-bond donors (Lipinski definition) is 2. The van der Waals surface area contributed by atoms with Crippen LogP contribution in [0.3, 0.4) is 0 Å². The number of carbonyl (C=O) groups is 1. The number of fused-ring (bicyclic) bond motifs is 1. The first-order chi connectivity index (χ1) is 12.6. The average molecular weight is 353 g/mol. The van der Waals surface area contributed by atoms with E-state index in [0.717, 1.165) is 24.8 Å². The molecule has 4 heterocycles. The van der Waals surface area contributed by atoms with Crippen LogP contribution in [0, 0.1) is 0 Å². The number of nitrogens with one attached hydrogen (secondary N) is 2. The van der Waals surface area contributed by atoms with Crippen LogP contribution in [0.1, 0.15) is 43.1 Å². The zero-order valence-electron chi connectivity index (χ0n) is 15.0. The van der Waals surface area contributed by atoms with E-state index in [2.05, 4.69) is 15.7 Å². The van der Waals surface area contributed by atoms with Crippen molar-refractivity contribution in [2.24, 2.45) is 0 Å². The summed E-state index contributed by atoms with van der Waals surface area (Å²) in [7, 11) is 0. The Hall–Kier alpha value is -2.67. The van der Waals surface area contributed by atoms with E-state index in [4.69, 9.17) is 9.40 Å². The van der Waals surface area contributed by atoms with Crippen molar-refractivity contribution in [2.45, 2.75) is 38.8 Å². The van der Waals surface area contributed by atoms with Gasteiger partial charge in [0.05, 0.1) is 23.4 Å². The van der Waals surface area contributed by atoms with Gasteiger partial charge < -0.3 is 15.1 Å². The third-order valence-electron chi connectivity index (χ3n) is 4.75. The minimum Gasteiger partial charge on any atom is -0.463 e. The van der Waals surface area contributed by atoms with E-state index >= 15 is 0 Å². The average Bonchev–Trinajstić information content (AvgIpc) is 3.39. The smallest absolute Gasteiger partial charge is 0.252 e. The van der Waals surface area contributed by atoms with Crippen LogP contribution in [-0.4, -0.2) is 39.8 Å². The largest absolute Gasteiger partial charge is 0.463 e. The molecule has 136 valence electrons. The fraction of sp³-hybridized carbons (Fsp3) is 0.421. The van der Waals surface area contributed by atoms with E-state index in [0.29, 0.717) is 35.3 Å². The first-order valence-corrected chi connectivity index (χ1v) is 9.07. The van der Waals surface area contributed by atoms with Crippen molar-refractivity contribution < 1.29 is 9.21 Å². The number of furan rings is 1. The van der Waals surface area contributed by atoms with Gasteiger partial charge in [-0.1, -0.05) is 0 Å². The summed E-state index contributed by atoms with van der Waals surface area (Å²) in [5, 5.41) is 11.6. The standard InChI is InChI=1S/C19H23N5O2/c1-12(2)24-18-15(11-22-24)14(9-16(23-18)17-6-4-8-26-17)19(25)21-10-13-5-3-7-20-13/h4,6,8-9,11-13,20H,3,5,7,10H2,1-2H3,(H,21,25). The summed E-state index contributed by atoms with van der Waals surface area (Å²) in [6, 6.07) is 5.93. The third-order valence-corrected chi connectivity index (χ3v) is 4.75.